The molecule has 182 valence electrons. The molecule has 7 nitrogen and oxygen atoms in total. The van der Waals surface area contributed by atoms with Gasteiger partial charge in [0.15, 0.2) is 0 Å². The van der Waals surface area contributed by atoms with Crippen molar-refractivity contribution in [1.29, 1.82) is 0 Å². The lowest BCUT2D eigenvalue weighted by Crippen LogP contribution is -2.31. The van der Waals surface area contributed by atoms with Gasteiger partial charge in [0, 0.05) is 22.0 Å². The number of nitrogens with one attached hydrogen (secondary N) is 2. The number of ether oxygens (including phenoxy) is 1. The van der Waals surface area contributed by atoms with Gasteiger partial charge in [-0.15, -0.1) is 5.10 Å². The van der Waals surface area contributed by atoms with E-state index in [4.69, 9.17) is 26.4 Å². The number of hydrogen-bond acceptors (Lipinski definition) is 6. The lowest BCUT2D eigenvalue weighted by molar-refractivity contribution is -0.113. The maximum absolute atomic E-state index is 13.7. The predicted octanol–water partition coefficient (Wildman–Crippen LogP) is 6.16. The summed E-state index contributed by atoms with van der Waals surface area (Å²) in [7, 11) is 1.57. The van der Waals surface area contributed by atoms with Crippen LogP contribution in [0.5, 0.6) is 5.75 Å². The number of allylic oxidation sites excluding steroid dienone is 1. The number of thioether (sulfide) groups is 1. The molecule has 2 N–H and O–H groups in total. The van der Waals surface area contributed by atoms with Crippen LogP contribution in [0.2, 0.25) is 5.02 Å². The molecule has 1 amide bonds. The smallest absolute Gasteiger partial charge is 0.255 e. The molecule has 0 radical (unpaired) electrons. The Bertz CT molecular complexity index is 1440. The normalized spacial score (nSPS) is 14.7. The van der Waals surface area contributed by atoms with Crippen LogP contribution in [0.3, 0.4) is 0 Å². The Morgan fingerprint density at radius 1 is 1.08 bits per heavy atom. The number of methoxy groups -OCH3 is 1. The van der Waals surface area contributed by atoms with Crippen molar-refractivity contribution in [2.24, 2.45) is 0 Å². The minimum atomic E-state index is -0.566. The number of amides is 1. The minimum absolute atomic E-state index is 0.283. The highest BCUT2D eigenvalue weighted by atomic mass is 35.5. The number of rotatable bonds is 7. The van der Waals surface area contributed by atoms with Crippen molar-refractivity contribution in [3.63, 3.8) is 0 Å². The fraction of sp³-hybridized carbons (Fsp3) is 0.148. The van der Waals surface area contributed by atoms with E-state index in [-0.39, 0.29) is 5.91 Å². The van der Waals surface area contributed by atoms with Gasteiger partial charge in [0.05, 0.1) is 18.4 Å². The Balaban J connectivity index is 1.51. The number of hydrogen-bond donors (Lipinski definition) is 2. The third-order valence-electron chi connectivity index (χ3n) is 5.84. The second kappa shape index (κ2) is 10.5. The van der Waals surface area contributed by atoms with Crippen LogP contribution in [0, 0.1) is 0 Å². The number of aromatic nitrogens is 3. The van der Waals surface area contributed by atoms with Gasteiger partial charge in [-0.05, 0) is 30.7 Å². The fourth-order valence-electron chi connectivity index (χ4n) is 4.13. The number of anilines is 2. The molecule has 3 aromatic carbocycles. The molecule has 5 rings (SSSR count). The summed E-state index contributed by atoms with van der Waals surface area (Å²) in [6, 6.07) is 24.4. The monoisotopic (exact) mass is 517 g/mol. The number of para-hydroxylation sites is 2. The number of carbonyl (C=O) groups excluding carboxylic acids is 1. The van der Waals surface area contributed by atoms with Crippen molar-refractivity contribution in [1.82, 2.24) is 14.8 Å². The Hall–Kier alpha value is -3.75. The molecule has 2 heterocycles. The largest absolute Gasteiger partial charge is 0.495 e. The van der Waals surface area contributed by atoms with Crippen molar-refractivity contribution in [2.45, 2.75) is 23.9 Å². The predicted molar refractivity (Wildman–Crippen MR) is 144 cm³/mol. The molecule has 1 aliphatic heterocycles. The highest BCUT2D eigenvalue weighted by molar-refractivity contribution is 7.98. The summed E-state index contributed by atoms with van der Waals surface area (Å²) < 4.78 is 7.15. The molecular formula is C27H24ClN5O2S. The zero-order valence-electron chi connectivity index (χ0n) is 19.7. The molecule has 0 saturated carbocycles. The Labute approximate surface area is 218 Å². The molecule has 36 heavy (non-hydrogen) atoms. The van der Waals surface area contributed by atoms with E-state index in [1.807, 2.05) is 61.5 Å². The topological polar surface area (TPSA) is 81.1 Å². The molecule has 0 unspecified atom stereocenters. The summed E-state index contributed by atoms with van der Waals surface area (Å²) in [5, 5.41) is 12.2. The van der Waals surface area contributed by atoms with Crippen LogP contribution >= 0.6 is 23.4 Å². The standard InChI is InChI=1S/C27H24ClN5O2S/c1-17-23(25(34)30-21-14-8-9-15-22(21)35-2)24(19-12-6-7-13-20(19)28)33-26(29-17)31-27(32-33)36-16-18-10-4-3-5-11-18/h3-15,24H,16H2,1-2H3,(H,30,34)(H,29,31,32)/t24-/m0/s1. The summed E-state index contributed by atoms with van der Waals surface area (Å²) in [4.78, 5) is 18.4. The average molecular weight is 518 g/mol. The second-order valence-corrected chi connectivity index (χ2v) is 9.53. The lowest BCUT2D eigenvalue weighted by atomic mass is 9.95. The minimum Gasteiger partial charge on any atom is -0.495 e. The van der Waals surface area contributed by atoms with Crippen molar-refractivity contribution < 1.29 is 9.53 Å². The molecule has 1 atom stereocenters. The summed E-state index contributed by atoms with van der Waals surface area (Å²) in [6.45, 7) is 1.86. The van der Waals surface area contributed by atoms with Crippen LogP contribution in [-0.2, 0) is 10.5 Å². The van der Waals surface area contributed by atoms with Crippen molar-refractivity contribution in [3.8, 4) is 5.75 Å². The van der Waals surface area contributed by atoms with Gasteiger partial charge in [-0.25, -0.2) is 4.68 Å². The second-order valence-electron chi connectivity index (χ2n) is 8.18. The van der Waals surface area contributed by atoms with Crippen LogP contribution in [0.15, 0.2) is 95.3 Å². The summed E-state index contributed by atoms with van der Waals surface area (Å²) in [6.07, 6.45) is 0. The molecule has 0 aliphatic carbocycles. The molecule has 0 bridgehead atoms. The third kappa shape index (κ3) is 4.82. The summed E-state index contributed by atoms with van der Waals surface area (Å²) in [5.41, 5.74) is 3.68. The number of fused-ring (bicyclic) bond motifs is 1. The SMILES string of the molecule is COc1ccccc1NC(=O)C1=C(C)Nc2nc(SCc3ccccc3)nn2[C@H]1c1ccccc1Cl. The van der Waals surface area contributed by atoms with Crippen molar-refractivity contribution in [2.75, 3.05) is 17.7 Å². The molecule has 0 fully saturated rings. The van der Waals surface area contributed by atoms with Crippen LogP contribution in [0.1, 0.15) is 24.1 Å². The van der Waals surface area contributed by atoms with E-state index in [2.05, 4.69) is 22.8 Å². The summed E-state index contributed by atoms with van der Waals surface area (Å²) >= 11 is 8.17. The van der Waals surface area contributed by atoms with Gasteiger partial charge in [0.25, 0.3) is 5.91 Å². The third-order valence-corrected chi connectivity index (χ3v) is 7.10. The number of carbonyl (C=O) groups is 1. The van der Waals surface area contributed by atoms with E-state index in [1.165, 1.54) is 17.3 Å². The lowest BCUT2D eigenvalue weighted by Gasteiger charge is -2.29. The summed E-state index contributed by atoms with van der Waals surface area (Å²) in [5.74, 6) is 1.58. The van der Waals surface area contributed by atoms with E-state index in [0.29, 0.717) is 38.8 Å². The molecule has 4 aromatic rings. The van der Waals surface area contributed by atoms with E-state index in [9.17, 15) is 4.79 Å². The Morgan fingerprint density at radius 2 is 1.81 bits per heavy atom. The van der Waals surface area contributed by atoms with Gasteiger partial charge < -0.3 is 15.4 Å². The van der Waals surface area contributed by atoms with Crippen LogP contribution < -0.4 is 15.4 Å². The number of nitrogens with zero attached hydrogens (tertiary/aromatic N) is 3. The van der Waals surface area contributed by atoms with Gasteiger partial charge in [-0.2, -0.15) is 4.98 Å². The zero-order chi connectivity index (χ0) is 25.1. The first kappa shape index (κ1) is 24.0. The van der Waals surface area contributed by atoms with Crippen LogP contribution in [0.25, 0.3) is 0 Å². The molecule has 0 spiro atoms. The number of benzene rings is 3. The van der Waals surface area contributed by atoms with Crippen LogP contribution in [0.4, 0.5) is 11.6 Å². The van der Waals surface area contributed by atoms with Gasteiger partial charge in [0.1, 0.15) is 11.8 Å². The van der Waals surface area contributed by atoms with Gasteiger partial charge in [-0.1, -0.05) is 84.0 Å². The quantitative estimate of drug-likeness (QED) is 0.286. The molecule has 9 heteroatoms. The fourth-order valence-corrected chi connectivity index (χ4v) is 5.15. The highest BCUT2D eigenvalue weighted by Crippen LogP contribution is 2.39. The maximum Gasteiger partial charge on any atom is 0.255 e. The van der Waals surface area contributed by atoms with E-state index < -0.39 is 6.04 Å². The molecular weight excluding hydrogens is 494 g/mol. The molecule has 1 aliphatic rings. The maximum atomic E-state index is 13.7. The molecule has 1 aromatic heterocycles. The van der Waals surface area contributed by atoms with Gasteiger partial charge in [-0.3, -0.25) is 4.79 Å². The van der Waals surface area contributed by atoms with Crippen molar-refractivity contribution in [3.05, 3.63) is 106 Å². The highest BCUT2D eigenvalue weighted by Gasteiger charge is 2.35. The average Bonchev–Trinajstić information content (AvgIpc) is 3.30. The Kier molecular flexibility index (Phi) is 6.97. The first-order chi connectivity index (χ1) is 17.5. The first-order valence-corrected chi connectivity index (χ1v) is 12.7. The number of halogens is 1. The van der Waals surface area contributed by atoms with Crippen LogP contribution in [-0.4, -0.2) is 27.8 Å². The van der Waals surface area contributed by atoms with Crippen molar-refractivity contribution >= 4 is 40.9 Å². The van der Waals surface area contributed by atoms with Gasteiger partial charge >= 0.3 is 0 Å². The van der Waals surface area contributed by atoms with E-state index >= 15 is 0 Å². The van der Waals surface area contributed by atoms with E-state index in [0.717, 1.165) is 11.3 Å². The van der Waals surface area contributed by atoms with E-state index in [1.54, 1.807) is 23.9 Å². The first-order valence-electron chi connectivity index (χ1n) is 11.3. The zero-order valence-corrected chi connectivity index (χ0v) is 21.3. The van der Waals surface area contributed by atoms with Gasteiger partial charge in [0.2, 0.25) is 11.1 Å². The Morgan fingerprint density at radius 3 is 2.58 bits per heavy atom. The molecule has 0 saturated heterocycles.